The molecule has 0 bridgehead atoms. The molecule has 0 amide bonds. The first-order chi connectivity index (χ1) is 9.11. The lowest BCUT2D eigenvalue weighted by atomic mass is 9.91. The summed E-state index contributed by atoms with van der Waals surface area (Å²) in [5.41, 5.74) is 7.64. The van der Waals surface area contributed by atoms with Crippen molar-refractivity contribution in [2.75, 3.05) is 12.8 Å². The van der Waals surface area contributed by atoms with Crippen molar-refractivity contribution in [3.8, 4) is 5.75 Å². The van der Waals surface area contributed by atoms with Gasteiger partial charge in [0.25, 0.3) is 0 Å². The Balaban J connectivity index is 2.39. The molecule has 4 nitrogen and oxygen atoms in total. The molecule has 0 spiro atoms. The van der Waals surface area contributed by atoms with Gasteiger partial charge in [-0.05, 0) is 35.4 Å². The van der Waals surface area contributed by atoms with E-state index in [1.165, 1.54) is 0 Å². The number of rotatable bonds is 4. The molecule has 2 aromatic carbocycles. The number of anilines is 1. The van der Waals surface area contributed by atoms with E-state index in [2.05, 4.69) is 0 Å². The Labute approximate surface area is 111 Å². The van der Waals surface area contributed by atoms with E-state index in [1.807, 2.05) is 0 Å². The van der Waals surface area contributed by atoms with Crippen molar-refractivity contribution in [2.45, 2.75) is 5.92 Å². The molecule has 0 aliphatic heterocycles. The average molecular weight is 257 g/mol. The fourth-order valence-corrected chi connectivity index (χ4v) is 1.96. The molecule has 4 heteroatoms. The molecule has 3 N–H and O–H groups in total. The zero-order valence-electron chi connectivity index (χ0n) is 10.5. The number of ether oxygens (including phenoxy) is 1. The molecule has 0 saturated carbocycles. The second-order valence-corrected chi connectivity index (χ2v) is 4.21. The van der Waals surface area contributed by atoms with Crippen molar-refractivity contribution in [3.63, 3.8) is 0 Å². The Bertz CT molecular complexity index is 561. The van der Waals surface area contributed by atoms with Crippen molar-refractivity contribution < 1.29 is 14.6 Å². The van der Waals surface area contributed by atoms with Crippen LogP contribution in [0.4, 0.5) is 5.69 Å². The van der Waals surface area contributed by atoms with E-state index < -0.39 is 11.9 Å². The molecule has 98 valence electrons. The first-order valence-electron chi connectivity index (χ1n) is 5.84. The fourth-order valence-electron chi connectivity index (χ4n) is 1.96. The minimum atomic E-state index is -0.894. The number of aliphatic carboxylic acids is 1. The van der Waals surface area contributed by atoms with Crippen LogP contribution in [0.15, 0.2) is 48.5 Å². The molecule has 2 rings (SSSR count). The topological polar surface area (TPSA) is 72.5 Å². The highest BCUT2D eigenvalue weighted by Crippen LogP contribution is 2.27. The van der Waals surface area contributed by atoms with Crippen LogP contribution in [0, 0.1) is 0 Å². The molecule has 0 saturated heterocycles. The van der Waals surface area contributed by atoms with Gasteiger partial charge in [0.15, 0.2) is 0 Å². The highest BCUT2D eigenvalue weighted by Gasteiger charge is 2.21. The van der Waals surface area contributed by atoms with E-state index in [0.717, 1.165) is 0 Å². The van der Waals surface area contributed by atoms with Gasteiger partial charge in [0.05, 0.1) is 7.11 Å². The highest BCUT2D eigenvalue weighted by molar-refractivity contribution is 5.80. The van der Waals surface area contributed by atoms with Crippen LogP contribution in [-0.4, -0.2) is 18.2 Å². The molecule has 1 atom stereocenters. The minimum absolute atomic E-state index is 0.614. The Hall–Kier alpha value is -2.49. The van der Waals surface area contributed by atoms with Crippen LogP contribution in [0.2, 0.25) is 0 Å². The van der Waals surface area contributed by atoms with Gasteiger partial charge in [0.1, 0.15) is 11.7 Å². The van der Waals surface area contributed by atoms with Crippen molar-refractivity contribution >= 4 is 11.7 Å². The largest absolute Gasteiger partial charge is 0.497 e. The number of carbonyl (C=O) groups is 1. The quantitative estimate of drug-likeness (QED) is 0.825. The molecule has 19 heavy (non-hydrogen) atoms. The Morgan fingerprint density at radius 3 is 1.95 bits per heavy atom. The Morgan fingerprint density at radius 2 is 1.53 bits per heavy atom. The maximum absolute atomic E-state index is 11.5. The van der Waals surface area contributed by atoms with Gasteiger partial charge in [-0.15, -0.1) is 0 Å². The minimum Gasteiger partial charge on any atom is -0.497 e. The van der Waals surface area contributed by atoms with Crippen molar-refractivity contribution in [1.82, 2.24) is 0 Å². The van der Waals surface area contributed by atoms with Crippen LogP contribution in [0.25, 0.3) is 0 Å². The molecule has 0 aromatic heterocycles. The molecule has 1 unspecified atom stereocenters. The lowest BCUT2D eigenvalue weighted by molar-refractivity contribution is -0.137. The van der Waals surface area contributed by atoms with Crippen molar-refractivity contribution in [2.24, 2.45) is 0 Å². The number of nitrogen functional groups attached to an aromatic ring is 1. The molecule has 0 heterocycles. The zero-order chi connectivity index (χ0) is 13.8. The number of nitrogens with two attached hydrogens (primary N) is 1. The highest BCUT2D eigenvalue weighted by atomic mass is 16.5. The third-order valence-corrected chi connectivity index (χ3v) is 2.97. The molecule has 2 aromatic rings. The summed E-state index contributed by atoms with van der Waals surface area (Å²) in [6, 6.07) is 13.9. The molecular weight excluding hydrogens is 242 g/mol. The lowest BCUT2D eigenvalue weighted by Crippen LogP contribution is -2.13. The first kappa shape index (κ1) is 13.0. The van der Waals surface area contributed by atoms with Gasteiger partial charge in [-0.1, -0.05) is 24.3 Å². The predicted octanol–water partition coefficient (Wildman–Crippen LogP) is 2.49. The molecule has 0 radical (unpaired) electrons. The standard InChI is InChI=1S/C15H15NO3/c1-19-13-8-4-11(5-9-13)14(15(17)18)10-2-6-12(16)7-3-10/h2-9,14H,16H2,1H3,(H,17,18). The summed E-state index contributed by atoms with van der Waals surface area (Å²) < 4.78 is 5.07. The Morgan fingerprint density at radius 1 is 1.05 bits per heavy atom. The number of carboxylic acids is 1. The van der Waals surface area contributed by atoms with Crippen LogP contribution < -0.4 is 10.5 Å². The summed E-state index contributed by atoms with van der Waals surface area (Å²) in [7, 11) is 1.57. The lowest BCUT2D eigenvalue weighted by Gasteiger charge is -2.14. The maximum atomic E-state index is 11.5. The van der Waals surface area contributed by atoms with Crippen molar-refractivity contribution in [1.29, 1.82) is 0 Å². The molecule has 0 aliphatic carbocycles. The van der Waals surface area contributed by atoms with Crippen LogP contribution in [-0.2, 0) is 4.79 Å². The number of methoxy groups -OCH3 is 1. The van der Waals surface area contributed by atoms with E-state index in [1.54, 1.807) is 55.6 Å². The van der Waals surface area contributed by atoms with E-state index in [9.17, 15) is 9.90 Å². The van der Waals surface area contributed by atoms with E-state index >= 15 is 0 Å². The average Bonchev–Trinajstić information content (AvgIpc) is 2.42. The first-order valence-corrected chi connectivity index (χ1v) is 5.84. The SMILES string of the molecule is COc1ccc(C(C(=O)O)c2ccc(N)cc2)cc1. The van der Waals surface area contributed by atoms with Gasteiger partial charge in [0.2, 0.25) is 0 Å². The van der Waals surface area contributed by atoms with E-state index in [0.29, 0.717) is 22.6 Å². The van der Waals surface area contributed by atoms with E-state index in [-0.39, 0.29) is 0 Å². The van der Waals surface area contributed by atoms with Crippen LogP contribution in [0.3, 0.4) is 0 Å². The van der Waals surface area contributed by atoms with Gasteiger partial charge in [-0.3, -0.25) is 4.79 Å². The number of hydrogen-bond acceptors (Lipinski definition) is 3. The number of hydrogen-bond donors (Lipinski definition) is 2. The third kappa shape index (κ3) is 2.85. The number of benzene rings is 2. The zero-order valence-corrected chi connectivity index (χ0v) is 10.5. The summed E-state index contributed by atoms with van der Waals surface area (Å²) in [4.78, 5) is 11.5. The summed E-state index contributed by atoms with van der Waals surface area (Å²) in [5, 5.41) is 9.41. The smallest absolute Gasteiger partial charge is 0.315 e. The summed E-state index contributed by atoms with van der Waals surface area (Å²) >= 11 is 0. The van der Waals surface area contributed by atoms with Gasteiger partial charge in [-0.2, -0.15) is 0 Å². The predicted molar refractivity (Wildman–Crippen MR) is 73.3 cm³/mol. The monoisotopic (exact) mass is 257 g/mol. The number of carboxylic acid groups (broad SMARTS) is 1. The molecule has 0 aliphatic rings. The van der Waals surface area contributed by atoms with Crippen LogP contribution >= 0.6 is 0 Å². The second-order valence-electron chi connectivity index (χ2n) is 4.21. The van der Waals surface area contributed by atoms with Gasteiger partial charge >= 0.3 is 5.97 Å². The van der Waals surface area contributed by atoms with Crippen molar-refractivity contribution in [3.05, 3.63) is 59.7 Å². The summed E-state index contributed by atoms with van der Waals surface area (Å²) in [6.45, 7) is 0. The van der Waals surface area contributed by atoms with Gasteiger partial charge in [0, 0.05) is 5.69 Å². The normalized spacial score (nSPS) is 11.8. The van der Waals surface area contributed by atoms with Crippen LogP contribution in [0.1, 0.15) is 17.0 Å². The summed E-state index contributed by atoms with van der Waals surface area (Å²) in [6.07, 6.45) is 0. The molecule has 0 fully saturated rings. The third-order valence-electron chi connectivity index (χ3n) is 2.97. The van der Waals surface area contributed by atoms with Gasteiger partial charge < -0.3 is 15.6 Å². The van der Waals surface area contributed by atoms with Crippen LogP contribution in [0.5, 0.6) is 5.75 Å². The summed E-state index contributed by atoms with van der Waals surface area (Å²) in [5.74, 6) is -0.897. The van der Waals surface area contributed by atoms with Gasteiger partial charge in [-0.25, -0.2) is 0 Å². The Kier molecular flexibility index (Phi) is 3.71. The maximum Gasteiger partial charge on any atom is 0.315 e. The van der Waals surface area contributed by atoms with E-state index in [4.69, 9.17) is 10.5 Å². The second kappa shape index (κ2) is 5.44. The molecular formula is C15H15NO3. The fraction of sp³-hybridized carbons (Fsp3) is 0.133.